The van der Waals surface area contributed by atoms with Gasteiger partial charge in [-0.3, -0.25) is 0 Å². The Bertz CT molecular complexity index is 1070. The number of nitrogens with zero attached hydrogens (tertiary/aromatic N) is 1. The molecule has 0 aliphatic carbocycles. The predicted octanol–water partition coefficient (Wildman–Crippen LogP) is 2.81. The molecule has 0 aliphatic rings. The summed E-state index contributed by atoms with van der Waals surface area (Å²) in [5.41, 5.74) is -1.55. The van der Waals surface area contributed by atoms with Crippen molar-refractivity contribution in [2.24, 2.45) is 0 Å². The molecular formula is C19H13NO9. The Kier molecular flexibility index (Phi) is 4.97. The van der Waals surface area contributed by atoms with Crippen LogP contribution in [0.5, 0.6) is 0 Å². The number of hydrogen-bond acceptors (Lipinski definition) is 7. The SMILES string of the molecule is N#CC(Cc1ccc(C(=O)O)o1)(Cc1ccc(C(=O)O)o1)c1ccc(C(=O)O)o1. The van der Waals surface area contributed by atoms with Crippen molar-refractivity contribution < 1.29 is 43.0 Å². The molecule has 0 saturated carbocycles. The maximum Gasteiger partial charge on any atom is 0.371 e. The molecule has 3 N–H and O–H groups in total. The molecule has 3 aromatic rings. The van der Waals surface area contributed by atoms with E-state index in [0.29, 0.717) is 0 Å². The summed E-state index contributed by atoms with van der Waals surface area (Å²) in [6.45, 7) is 0. The molecule has 0 aliphatic heterocycles. The molecule has 0 spiro atoms. The lowest BCUT2D eigenvalue weighted by molar-refractivity contribution is 0.0645. The summed E-state index contributed by atoms with van der Waals surface area (Å²) in [4.78, 5) is 33.2. The van der Waals surface area contributed by atoms with Gasteiger partial charge in [-0.05, 0) is 36.4 Å². The van der Waals surface area contributed by atoms with E-state index in [1.807, 2.05) is 0 Å². The van der Waals surface area contributed by atoms with Crippen molar-refractivity contribution in [3.63, 3.8) is 0 Å². The largest absolute Gasteiger partial charge is 0.475 e. The van der Waals surface area contributed by atoms with Crippen molar-refractivity contribution >= 4 is 17.9 Å². The van der Waals surface area contributed by atoms with Gasteiger partial charge in [0.15, 0.2) is 0 Å². The van der Waals surface area contributed by atoms with E-state index >= 15 is 0 Å². The van der Waals surface area contributed by atoms with Crippen molar-refractivity contribution in [1.82, 2.24) is 0 Å². The van der Waals surface area contributed by atoms with Gasteiger partial charge in [0.2, 0.25) is 17.3 Å². The lowest BCUT2D eigenvalue weighted by Gasteiger charge is -2.22. The molecule has 0 aromatic carbocycles. The van der Waals surface area contributed by atoms with Crippen LogP contribution in [0, 0.1) is 11.3 Å². The quantitative estimate of drug-likeness (QED) is 0.510. The van der Waals surface area contributed by atoms with Crippen LogP contribution in [0.1, 0.15) is 48.9 Å². The first kappa shape index (κ1) is 19.5. The highest BCUT2D eigenvalue weighted by molar-refractivity contribution is 5.85. The molecule has 10 nitrogen and oxygen atoms in total. The standard InChI is InChI=1S/C19H13NO9/c20-9-19(15-6-5-14(29-15)18(25)26,7-10-1-3-12(27-10)16(21)22)8-11-2-4-13(28-11)17(23)24/h1-6H,7-8H2,(H,21,22)(H,23,24)(H,25,26). The van der Waals surface area contributed by atoms with Gasteiger partial charge in [-0.2, -0.15) is 5.26 Å². The highest BCUT2D eigenvalue weighted by Gasteiger charge is 2.39. The average Bonchev–Trinajstić information content (AvgIpc) is 3.41. The van der Waals surface area contributed by atoms with Crippen molar-refractivity contribution in [2.45, 2.75) is 18.3 Å². The predicted molar refractivity (Wildman–Crippen MR) is 91.7 cm³/mol. The van der Waals surface area contributed by atoms with Crippen LogP contribution in [-0.4, -0.2) is 33.2 Å². The van der Waals surface area contributed by atoms with Gasteiger partial charge in [0.05, 0.1) is 6.07 Å². The fraction of sp³-hybridized carbons (Fsp3) is 0.158. The molecular weight excluding hydrogens is 386 g/mol. The Balaban J connectivity index is 2.04. The highest BCUT2D eigenvalue weighted by Crippen LogP contribution is 2.34. The number of hydrogen-bond donors (Lipinski definition) is 3. The van der Waals surface area contributed by atoms with Gasteiger partial charge in [-0.25, -0.2) is 14.4 Å². The van der Waals surface area contributed by atoms with Crippen LogP contribution >= 0.6 is 0 Å². The zero-order valence-electron chi connectivity index (χ0n) is 14.6. The Labute approximate surface area is 162 Å². The Morgan fingerprint density at radius 1 is 0.759 bits per heavy atom. The Hall–Kier alpha value is -4.26. The molecule has 0 bridgehead atoms. The zero-order chi connectivity index (χ0) is 21.2. The second-order valence-electron chi connectivity index (χ2n) is 6.16. The van der Waals surface area contributed by atoms with Crippen LogP contribution in [0.15, 0.2) is 49.6 Å². The minimum Gasteiger partial charge on any atom is -0.475 e. The molecule has 3 heterocycles. The van der Waals surface area contributed by atoms with Gasteiger partial charge >= 0.3 is 17.9 Å². The topological polar surface area (TPSA) is 175 Å². The molecule has 0 atom stereocenters. The Morgan fingerprint density at radius 3 is 1.52 bits per heavy atom. The number of nitriles is 1. The second-order valence-corrected chi connectivity index (χ2v) is 6.16. The number of carboxylic acid groups (broad SMARTS) is 3. The summed E-state index contributed by atoms with van der Waals surface area (Å²) in [6.07, 6.45) is -0.348. The fourth-order valence-electron chi connectivity index (χ4n) is 2.85. The van der Waals surface area contributed by atoms with Crippen molar-refractivity contribution in [3.05, 3.63) is 71.0 Å². The summed E-state index contributed by atoms with van der Waals surface area (Å²) in [7, 11) is 0. The highest BCUT2D eigenvalue weighted by atomic mass is 16.4. The van der Waals surface area contributed by atoms with Gasteiger partial charge in [0, 0.05) is 12.8 Å². The third-order valence-corrected chi connectivity index (χ3v) is 4.20. The smallest absolute Gasteiger partial charge is 0.371 e. The molecule has 0 amide bonds. The molecule has 0 radical (unpaired) electrons. The van der Waals surface area contributed by atoms with Gasteiger partial charge < -0.3 is 28.6 Å². The molecule has 29 heavy (non-hydrogen) atoms. The molecule has 3 aromatic heterocycles. The number of carbonyl (C=O) groups is 3. The summed E-state index contributed by atoms with van der Waals surface area (Å²) in [6, 6.07) is 9.75. The third kappa shape index (κ3) is 3.89. The van der Waals surface area contributed by atoms with E-state index in [0.717, 1.165) is 0 Å². The maximum absolute atomic E-state index is 11.2. The summed E-state index contributed by atoms with van der Waals surface area (Å²) < 4.78 is 15.8. The number of carboxylic acids is 3. The first-order chi connectivity index (χ1) is 13.7. The third-order valence-electron chi connectivity index (χ3n) is 4.20. The van der Waals surface area contributed by atoms with E-state index in [-0.39, 0.29) is 41.6 Å². The van der Waals surface area contributed by atoms with Crippen LogP contribution in [0.25, 0.3) is 0 Å². The normalized spacial score (nSPS) is 11.1. The monoisotopic (exact) mass is 399 g/mol. The van der Waals surface area contributed by atoms with Crippen molar-refractivity contribution in [2.75, 3.05) is 0 Å². The molecule has 0 saturated heterocycles. The van der Waals surface area contributed by atoms with E-state index in [1.54, 1.807) is 0 Å². The van der Waals surface area contributed by atoms with Gasteiger partial charge in [-0.1, -0.05) is 0 Å². The molecule has 0 unspecified atom stereocenters. The molecule has 148 valence electrons. The zero-order valence-corrected chi connectivity index (χ0v) is 14.6. The summed E-state index contributed by atoms with van der Waals surface area (Å²) in [5, 5.41) is 37.1. The number of rotatable bonds is 8. The van der Waals surface area contributed by atoms with Gasteiger partial charge in [0.1, 0.15) is 22.7 Å². The lowest BCUT2D eigenvalue weighted by atomic mass is 9.78. The van der Waals surface area contributed by atoms with E-state index in [4.69, 9.17) is 28.6 Å². The van der Waals surface area contributed by atoms with Crippen molar-refractivity contribution in [3.8, 4) is 6.07 Å². The average molecular weight is 399 g/mol. The minimum atomic E-state index is -1.55. The van der Waals surface area contributed by atoms with Crippen LogP contribution < -0.4 is 0 Å². The molecule has 3 rings (SSSR count). The first-order valence-corrected chi connectivity index (χ1v) is 8.13. The van der Waals surface area contributed by atoms with Crippen molar-refractivity contribution in [1.29, 1.82) is 5.26 Å². The van der Waals surface area contributed by atoms with E-state index in [1.165, 1.54) is 36.4 Å². The van der Waals surface area contributed by atoms with Crippen LogP contribution in [0.2, 0.25) is 0 Å². The van der Waals surface area contributed by atoms with Crippen LogP contribution in [0.4, 0.5) is 0 Å². The van der Waals surface area contributed by atoms with E-state index in [2.05, 4.69) is 6.07 Å². The Morgan fingerprint density at radius 2 is 1.17 bits per heavy atom. The van der Waals surface area contributed by atoms with Gasteiger partial charge in [-0.15, -0.1) is 0 Å². The molecule has 0 fully saturated rings. The second kappa shape index (κ2) is 7.40. The van der Waals surface area contributed by atoms with E-state index in [9.17, 15) is 19.6 Å². The van der Waals surface area contributed by atoms with Gasteiger partial charge in [0.25, 0.3) is 0 Å². The summed E-state index contributed by atoms with van der Waals surface area (Å²) in [5.74, 6) is -4.70. The van der Waals surface area contributed by atoms with Crippen LogP contribution in [-0.2, 0) is 18.3 Å². The minimum absolute atomic E-state index is 0.0149. The first-order valence-electron chi connectivity index (χ1n) is 8.13. The molecule has 10 heteroatoms. The summed E-state index contributed by atoms with van der Waals surface area (Å²) >= 11 is 0. The number of furan rings is 3. The lowest BCUT2D eigenvalue weighted by Crippen LogP contribution is -2.29. The van der Waals surface area contributed by atoms with E-state index < -0.39 is 29.1 Å². The number of aromatic carboxylic acids is 3. The fourth-order valence-corrected chi connectivity index (χ4v) is 2.85. The van der Waals surface area contributed by atoms with Crippen LogP contribution in [0.3, 0.4) is 0 Å². The maximum atomic E-state index is 11.2.